The molecule has 1 fully saturated rings. The number of nitrogens with zero attached hydrogens (tertiary/aromatic N) is 1. The second kappa shape index (κ2) is 8.72. The number of carbonyl (C=O) groups excluding carboxylic acids is 1. The maximum absolute atomic E-state index is 13.5. The van der Waals surface area contributed by atoms with Gasteiger partial charge in [-0.1, -0.05) is 54.6 Å². The smallest absolute Gasteiger partial charge is 0.144 e. The Balaban J connectivity index is 1.76. The summed E-state index contributed by atoms with van der Waals surface area (Å²) in [5, 5.41) is 0. The van der Waals surface area contributed by atoms with Crippen molar-refractivity contribution in [2.45, 2.75) is 24.4 Å². The Morgan fingerprint density at radius 1 is 0.733 bits per heavy atom. The van der Waals surface area contributed by atoms with Crippen molar-refractivity contribution in [1.29, 1.82) is 0 Å². The molecule has 4 nitrogen and oxygen atoms in total. The number of rotatable bonds is 5. The molecule has 3 aromatic carbocycles. The average Bonchev–Trinajstić information content (AvgIpc) is 2.81. The summed E-state index contributed by atoms with van der Waals surface area (Å²) >= 11 is 0. The lowest BCUT2D eigenvalue weighted by atomic mass is 9.76. The van der Waals surface area contributed by atoms with Crippen LogP contribution in [-0.4, -0.2) is 32.0 Å². The molecule has 0 bridgehead atoms. The molecule has 154 valence electrons. The van der Waals surface area contributed by atoms with Crippen molar-refractivity contribution in [1.82, 2.24) is 4.90 Å². The molecule has 1 saturated heterocycles. The fourth-order valence-corrected chi connectivity index (χ4v) is 4.50. The molecule has 0 saturated carbocycles. The Hall–Kier alpha value is -3.11. The number of hydrogen-bond donors (Lipinski definition) is 0. The second-order valence-corrected chi connectivity index (χ2v) is 7.73. The van der Waals surface area contributed by atoms with Crippen molar-refractivity contribution in [2.24, 2.45) is 0 Å². The number of benzene rings is 3. The van der Waals surface area contributed by atoms with E-state index in [4.69, 9.17) is 9.47 Å². The molecule has 0 spiro atoms. The SMILES string of the molecule is COc1ccc(C2CC(=O)C(c3ccccc3)C(c3ccc(OC)cc3)N2C)cc1. The molecule has 1 aliphatic heterocycles. The van der Waals surface area contributed by atoms with E-state index in [1.807, 2.05) is 42.5 Å². The zero-order chi connectivity index (χ0) is 21.1. The summed E-state index contributed by atoms with van der Waals surface area (Å²) in [6.07, 6.45) is 0.481. The van der Waals surface area contributed by atoms with Gasteiger partial charge in [-0.3, -0.25) is 9.69 Å². The zero-order valence-electron chi connectivity index (χ0n) is 17.6. The van der Waals surface area contributed by atoms with Crippen LogP contribution in [0.4, 0.5) is 0 Å². The maximum Gasteiger partial charge on any atom is 0.144 e. The highest BCUT2D eigenvalue weighted by atomic mass is 16.5. The van der Waals surface area contributed by atoms with Crippen LogP contribution < -0.4 is 9.47 Å². The third kappa shape index (κ3) is 3.83. The molecule has 0 radical (unpaired) electrons. The minimum Gasteiger partial charge on any atom is -0.497 e. The van der Waals surface area contributed by atoms with Gasteiger partial charge in [0.1, 0.15) is 17.3 Å². The summed E-state index contributed by atoms with van der Waals surface area (Å²) in [7, 11) is 5.44. The molecule has 3 unspecified atom stereocenters. The summed E-state index contributed by atoms with van der Waals surface area (Å²) in [5.41, 5.74) is 3.29. The first-order valence-electron chi connectivity index (χ1n) is 10.2. The highest BCUT2D eigenvalue weighted by Gasteiger charge is 2.42. The molecular formula is C26H27NO3. The van der Waals surface area contributed by atoms with Crippen molar-refractivity contribution >= 4 is 5.78 Å². The molecule has 3 atom stereocenters. The molecule has 0 N–H and O–H groups in total. The van der Waals surface area contributed by atoms with Gasteiger partial charge in [-0.15, -0.1) is 0 Å². The number of Topliss-reactive ketones (excluding diaryl/α,β-unsaturated/α-hetero) is 1. The van der Waals surface area contributed by atoms with E-state index in [1.54, 1.807) is 14.2 Å². The van der Waals surface area contributed by atoms with Gasteiger partial charge in [0.2, 0.25) is 0 Å². The molecule has 0 aliphatic carbocycles. The number of carbonyl (C=O) groups is 1. The van der Waals surface area contributed by atoms with Crippen molar-refractivity contribution in [3.63, 3.8) is 0 Å². The van der Waals surface area contributed by atoms with Gasteiger partial charge in [0.05, 0.1) is 20.1 Å². The molecule has 4 rings (SSSR count). The van der Waals surface area contributed by atoms with Crippen LogP contribution in [-0.2, 0) is 4.79 Å². The van der Waals surface area contributed by atoms with E-state index < -0.39 is 0 Å². The Morgan fingerprint density at radius 2 is 1.27 bits per heavy atom. The quantitative estimate of drug-likeness (QED) is 0.591. The van der Waals surface area contributed by atoms with E-state index in [0.717, 1.165) is 28.2 Å². The highest BCUT2D eigenvalue weighted by Crippen LogP contribution is 2.46. The van der Waals surface area contributed by atoms with Crippen LogP contribution in [0.3, 0.4) is 0 Å². The number of likely N-dealkylation sites (N-methyl/N-ethyl adjacent to an activating group) is 1. The predicted octanol–water partition coefficient (Wildman–Crippen LogP) is 5.17. The minimum atomic E-state index is -0.209. The number of methoxy groups -OCH3 is 2. The van der Waals surface area contributed by atoms with Crippen LogP contribution in [0.1, 0.15) is 41.1 Å². The van der Waals surface area contributed by atoms with Crippen LogP contribution in [0.2, 0.25) is 0 Å². The zero-order valence-corrected chi connectivity index (χ0v) is 17.6. The summed E-state index contributed by atoms with van der Waals surface area (Å²) in [5.74, 6) is 1.68. The average molecular weight is 402 g/mol. The third-order valence-electron chi connectivity index (χ3n) is 6.10. The van der Waals surface area contributed by atoms with Crippen LogP contribution in [0.15, 0.2) is 78.9 Å². The Labute approximate surface area is 178 Å². The lowest BCUT2D eigenvalue weighted by Gasteiger charge is -2.44. The van der Waals surface area contributed by atoms with E-state index >= 15 is 0 Å². The van der Waals surface area contributed by atoms with Crippen LogP contribution >= 0.6 is 0 Å². The van der Waals surface area contributed by atoms with Crippen molar-refractivity contribution in [3.8, 4) is 11.5 Å². The number of piperidine rings is 1. The van der Waals surface area contributed by atoms with Gasteiger partial charge in [-0.05, 0) is 48.0 Å². The van der Waals surface area contributed by atoms with Gasteiger partial charge in [-0.25, -0.2) is 0 Å². The van der Waals surface area contributed by atoms with Crippen LogP contribution in [0.25, 0.3) is 0 Å². The first kappa shape index (κ1) is 20.2. The molecule has 0 aromatic heterocycles. The normalized spacial score (nSPS) is 22.0. The monoisotopic (exact) mass is 401 g/mol. The first-order valence-corrected chi connectivity index (χ1v) is 10.2. The van der Waals surface area contributed by atoms with E-state index in [1.165, 1.54) is 0 Å². The highest BCUT2D eigenvalue weighted by molar-refractivity contribution is 5.88. The van der Waals surface area contributed by atoms with Gasteiger partial charge in [-0.2, -0.15) is 0 Å². The number of likely N-dealkylation sites (tertiary alicyclic amines) is 1. The topological polar surface area (TPSA) is 38.8 Å². The van der Waals surface area contributed by atoms with Gasteiger partial charge in [0.15, 0.2) is 0 Å². The largest absolute Gasteiger partial charge is 0.497 e. The molecule has 1 heterocycles. The molecule has 4 heteroatoms. The number of ether oxygens (including phenoxy) is 2. The molecule has 1 aliphatic rings. The predicted molar refractivity (Wildman–Crippen MR) is 118 cm³/mol. The summed E-state index contributed by atoms with van der Waals surface area (Å²) in [6, 6.07) is 26.2. The second-order valence-electron chi connectivity index (χ2n) is 7.73. The Kier molecular flexibility index (Phi) is 5.86. The van der Waals surface area contributed by atoms with E-state index in [2.05, 4.69) is 48.3 Å². The van der Waals surface area contributed by atoms with E-state index in [-0.39, 0.29) is 23.8 Å². The van der Waals surface area contributed by atoms with Gasteiger partial charge in [0.25, 0.3) is 0 Å². The standard InChI is InChI=1S/C26H27NO3/c1-27-23(18-9-13-21(29-2)14-10-18)17-24(28)25(19-7-5-4-6-8-19)26(27)20-11-15-22(30-3)16-12-20/h4-16,23,25-26H,17H2,1-3H3. The van der Waals surface area contributed by atoms with Crippen molar-refractivity contribution in [2.75, 3.05) is 21.3 Å². The number of ketones is 1. The van der Waals surface area contributed by atoms with Gasteiger partial charge < -0.3 is 9.47 Å². The van der Waals surface area contributed by atoms with E-state index in [0.29, 0.717) is 6.42 Å². The lowest BCUT2D eigenvalue weighted by molar-refractivity contribution is -0.127. The fourth-order valence-electron chi connectivity index (χ4n) is 4.50. The van der Waals surface area contributed by atoms with Crippen LogP contribution in [0, 0.1) is 0 Å². The van der Waals surface area contributed by atoms with Gasteiger partial charge >= 0.3 is 0 Å². The van der Waals surface area contributed by atoms with E-state index in [9.17, 15) is 4.79 Å². The molecular weight excluding hydrogens is 374 g/mol. The summed E-state index contributed by atoms with van der Waals surface area (Å²) < 4.78 is 10.6. The fraction of sp³-hybridized carbons (Fsp3) is 0.269. The Morgan fingerprint density at radius 3 is 1.80 bits per heavy atom. The number of hydrogen-bond acceptors (Lipinski definition) is 4. The summed E-state index contributed by atoms with van der Waals surface area (Å²) in [4.78, 5) is 15.8. The Bertz CT molecular complexity index is 983. The van der Waals surface area contributed by atoms with Gasteiger partial charge in [0, 0.05) is 18.5 Å². The third-order valence-corrected chi connectivity index (χ3v) is 6.10. The molecule has 3 aromatic rings. The molecule has 0 amide bonds. The van der Waals surface area contributed by atoms with Crippen molar-refractivity contribution < 1.29 is 14.3 Å². The lowest BCUT2D eigenvalue weighted by Crippen LogP contribution is -2.42. The molecule has 30 heavy (non-hydrogen) atoms. The van der Waals surface area contributed by atoms with Crippen molar-refractivity contribution in [3.05, 3.63) is 95.6 Å². The van der Waals surface area contributed by atoms with Crippen LogP contribution in [0.5, 0.6) is 11.5 Å². The minimum absolute atomic E-state index is 0.00969. The maximum atomic E-state index is 13.5. The summed E-state index contributed by atoms with van der Waals surface area (Å²) in [6.45, 7) is 0. The first-order chi connectivity index (χ1) is 14.6.